The van der Waals surface area contributed by atoms with E-state index in [1.807, 2.05) is 0 Å². The summed E-state index contributed by atoms with van der Waals surface area (Å²) in [5, 5.41) is 2.84. The molecule has 0 atom stereocenters. The first-order chi connectivity index (χ1) is 14.4. The lowest BCUT2D eigenvalue weighted by Gasteiger charge is -2.15. The number of carbonyl (C=O) groups is 1. The SMILES string of the molecule is Cc1ccc(SCCC(=O)NCCOc2ccc(S(=O)(=O)N3CCCC3)cc2)cc1. The van der Waals surface area contributed by atoms with Gasteiger partial charge in [0.25, 0.3) is 0 Å². The molecule has 1 saturated heterocycles. The van der Waals surface area contributed by atoms with Gasteiger partial charge in [-0.3, -0.25) is 4.79 Å². The Morgan fingerprint density at radius 1 is 1.07 bits per heavy atom. The zero-order valence-electron chi connectivity index (χ0n) is 17.2. The van der Waals surface area contributed by atoms with Crippen LogP contribution in [0.15, 0.2) is 58.3 Å². The Hall–Kier alpha value is -2.03. The van der Waals surface area contributed by atoms with Crippen LogP contribution in [0.25, 0.3) is 0 Å². The van der Waals surface area contributed by atoms with Crippen LogP contribution in [0.3, 0.4) is 0 Å². The molecular formula is C22H28N2O4S2. The highest BCUT2D eigenvalue weighted by molar-refractivity contribution is 7.99. The van der Waals surface area contributed by atoms with Gasteiger partial charge in [-0.2, -0.15) is 4.31 Å². The van der Waals surface area contributed by atoms with Gasteiger partial charge < -0.3 is 10.1 Å². The molecule has 1 N–H and O–H groups in total. The average molecular weight is 449 g/mol. The van der Waals surface area contributed by atoms with Crippen LogP contribution in [0.1, 0.15) is 24.8 Å². The lowest BCUT2D eigenvalue weighted by atomic mass is 10.2. The van der Waals surface area contributed by atoms with Crippen LogP contribution < -0.4 is 10.1 Å². The van der Waals surface area contributed by atoms with Crippen molar-refractivity contribution in [2.45, 2.75) is 36.0 Å². The Morgan fingerprint density at radius 3 is 2.40 bits per heavy atom. The number of benzene rings is 2. The van der Waals surface area contributed by atoms with E-state index in [-0.39, 0.29) is 10.8 Å². The zero-order valence-corrected chi connectivity index (χ0v) is 18.8. The van der Waals surface area contributed by atoms with Gasteiger partial charge in [0.2, 0.25) is 15.9 Å². The molecule has 0 unspecified atom stereocenters. The average Bonchev–Trinajstić information content (AvgIpc) is 3.29. The maximum absolute atomic E-state index is 12.5. The molecule has 0 aliphatic carbocycles. The van der Waals surface area contributed by atoms with Crippen LogP contribution in [0.5, 0.6) is 5.75 Å². The second kappa shape index (κ2) is 10.8. The van der Waals surface area contributed by atoms with Gasteiger partial charge in [0.05, 0.1) is 11.4 Å². The Balaban J connectivity index is 1.34. The van der Waals surface area contributed by atoms with Crippen molar-refractivity contribution in [1.82, 2.24) is 9.62 Å². The number of ether oxygens (including phenoxy) is 1. The van der Waals surface area contributed by atoms with Crippen LogP contribution in [0.4, 0.5) is 0 Å². The molecule has 8 heteroatoms. The van der Waals surface area contributed by atoms with Gasteiger partial charge in [-0.15, -0.1) is 11.8 Å². The fraction of sp³-hybridized carbons (Fsp3) is 0.409. The third-order valence-electron chi connectivity index (χ3n) is 4.84. The highest BCUT2D eigenvalue weighted by atomic mass is 32.2. The molecule has 2 aromatic carbocycles. The minimum atomic E-state index is -3.40. The molecule has 2 aromatic rings. The molecule has 3 rings (SSSR count). The summed E-state index contributed by atoms with van der Waals surface area (Å²) in [4.78, 5) is 13.4. The largest absolute Gasteiger partial charge is 0.492 e. The first-order valence-electron chi connectivity index (χ1n) is 10.1. The minimum absolute atomic E-state index is 0.00901. The number of nitrogens with one attached hydrogen (secondary N) is 1. The van der Waals surface area contributed by atoms with E-state index in [4.69, 9.17) is 4.74 Å². The van der Waals surface area contributed by atoms with Gasteiger partial charge in [0.1, 0.15) is 12.4 Å². The van der Waals surface area contributed by atoms with E-state index in [0.29, 0.717) is 38.4 Å². The number of aryl methyl sites for hydroxylation is 1. The highest BCUT2D eigenvalue weighted by Gasteiger charge is 2.26. The Labute approximate surface area is 183 Å². The second-order valence-corrected chi connectivity index (χ2v) is 10.3. The molecule has 1 aliphatic rings. The van der Waals surface area contributed by atoms with Gasteiger partial charge in [0.15, 0.2) is 0 Å². The third kappa shape index (κ3) is 6.48. The molecule has 0 saturated carbocycles. The second-order valence-electron chi connectivity index (χ2n) is 7.19. The lowest BCUT2D eigenvalue weighted by Crippen LogP contribution is -2.28. The smallest absolute Gasteiger partial charge is 0.243 e. The zero-order chi connectivity index (χ0) is 21.4. The summed E-state index contributed by atoms with van der Waals surface area (Å²) in [5.41, 5.74) is 1.22. The van der Waals surface area contributed by atoms with E-state index in [9.17, 15) is 13.2 Å². The van der Waals surface area contributed by atoms with Crippen LogP contribution in [-0.2, 0) is 14.8 Å². The standard InChI is InChI=1S/C22H28N2O4S2/c1-18-4-8-20(9-5-18)29-17-12-22(25)23-13-16-28-19-6-10-21(11-7-19)30(26,27)24-14-2-3-15-24/h4-11H,2-3,12-17H2,1H3,(H,23,25). The van der Waals surface area contributed by atoms with Crippen molar-refractivity contribution in [3.05, 3.63) is 54.1 Å². The van der Waals surface area contributed by atoms with E-state index in [0.717, 1.165) is 23.5 Å². The van der Waals surface area contributed by atoms with Gasteiger partial charge in [-0.1, -0.05) is 17.7 Å². The molecule has 162 valence electrons. The summed E-state index contributed by atoms with van der Waals surface area (Å²) < 4.78 is 32.1. The van der Waals surface area contributed by atoms with Crippen molar-refractivity contribution in [3.63, 3.8) is 0 Å². The number of rotatable bonds is 10. The number of sulfonamides is 1. The summed E-state index contributed by atoms with van der Waals surface area (Å²) in [6.45, 7) is 3.96. The molecular weight excluding hydrogens is 420 g/mol. The third-order valence-corrected chi connectivity index (χ3v) is 7.76. The first kappa shape index (κ1) is 22.7. The van der Waals surface area contributed by atoms with Crippen molar-refractivity contribution < 1.29 is 17.9 Å². The van der Waals surface area contributed by atoms with Crippen molar-refractivity contribution in [2.75, 3.05) is 32.0 Å². The van der Waals surface area contributed by atoms with E-state index in [1.165, 1.54) is 9.87 Å². The number of hydrogen-bond acceptors (Lipinski definition) is 5. The number of nitrogens with zero attached hydrogens (tertiary/aromatic N) is 1. The predicted molar refractivity (Wildman–Crippen MR) is 119 cm³/mol. The summed E-state index contributed by atoms with van der Waals surface area (Å²) in [6.07, 6.45) is 2.27. The van der Waals surface area contributed by atoms with Crippen LogP contribution in [0.2, 0.25) is 0 Å². The summed E-state index contributed by atoms with van der Waals surface area (Å²) in [6, 6.07) is 14.7. The van der Waals surface area contributed by atoms with E-state index >= 15 is 0 Å². The number of thioether (sulfide) groups is 1. The number of amides is 1. The summed E-state index contributed by atoms with van der Waals surface area (Å²) in [5.74, 6) is 1.30. The monoisotopic (exact) mass is 448 g/mol. The summed E-state index contributed by atoms with van der Waals surface area (Å²) >= 11 is 1.66. The van der Waals surface area contributed by atoms with Crippen LogP contribution in [0, 0.1) is 6.92 Å². The van der Waals surface area contributed by atoms with Gasteiger partial charge in [-0.05, 0) is 56.2 Å². The Morgan fingerprint density at radius 2 is 1.73 bits per heavy atom. The fourth-order valence-electron chi connectivity index (χ4n) is 3.13. The molecule has 6 nitrogen and oxygen atoms in total. The molecule has 1 fully saturated rings. The van der Waals surface area contributed by atoms with E-state index in [2.05, 4.69) is 36.5 Å². The molecule has 30 heavy (non-hydrogen) atoms. The quantitative estimate of drug-likeness (QED) is 0.445. The highest BCUT2D eigenvalue weighted by Crippen LogP contribution is 2.23. The summed E-state index contributed by atoms with van der Waals surface area (Å²) in [7, 11) is -3.40. The maximum Gasteiger partial charge on any atom is 0.243 e. The van der Waals surface area contributed by atoms with Gasteiger partial charge in [-0.25, -0.2) is 8.42 Å². The normalized spacial score (nSPS) is 14.6. The first-order valence-corrected chi connectivity index (χ1v) is 12.6. The molecule has 1 heterocycles. The predicted octanol–water partition coefficient (Wildman–Crippen LogP) is 3.46. The van der Waals surface area contributed by atoms with Crippen LogP contribution in [-0.4, -0.2) is 50.6 Å². The molecule has 0 bridgehead atoms. The molecule has 0 aromatic heterocycles. The van der Waals surface area contributed by atoms with E-state index in [1.54, 1.807) is 36.0 Å². The minimum Gasteiger partial charge on any atom is -0.492 e. The van der Waals surface area contributed by atoms with Gasteiger partial charge in [0, 0.05) is 30.2 Å². The lowest BCUT2D eigenvalue weighted by molar-refractivity contribution is -0.120. The Kier molecular flexibility index (Phi) is 8.18. The Bertz CT molecular complexity index is 923. The fourth-order valence-corrected chi connectivity index (χ4v) is 5.50. The van der Waals surface area contributed by atoms with Crippen molar-refractivity contribution in [1.29, 1.82) is 0 Å². The topological polar surface area (TPSA) is 75.7 Å². The number of carbonyl (C=O) groups excluding carboxylic acids is 1. The maximum atomic E-state index is 12.5. The molecule has 1 amide bonds. The van der Waals surface area contributed by atoms with Crippen LogP contribution >= 0.6 is 11.8 Å². The van der Waals surface area contributed by atoms with Crippen molar-refractivity contribution in [2.24, 2.45) is 0 Å². The molecule has 0 radical (unpaired) electrons. The van der Waals surface area contributed by atoms with Crippen molar-refractivity contribution >= 4 is 27.7 Å². The molecule has 1 aliphatic heterocycles. The van der Waals surface area contributed by atoms with E-state index < -0.39 is 10.0 Å². The number of hydrogen-bond donors (Lipinski definition) is 1. The molecule has 0 spiro atoms. The van der Waals surface area contributed by atoms with Crippen molar-refractivity contribution in [3.8, 4) is 5.75 Å². The van der Waals surface area contributed by atoms with Gasteiger partial charge >= 0.3 is 0 Å².